The van der Waals surface area contributed by atoms with Crippen molar-refractivity contribution < 1.29 is 87.8 Å². The van der Waals surface area contributed by atoms with Crippen LogP contribution < -0.4 is 31.9 Å². The van der Waals surface area contributed by atoms with Gasteiger partial charge < -0.3 is 91.0 Å². The van der Waals surface area contributed by atoms with Gasteiger partial charge in [-0.05, 0) is 52.4 Å². The van der Waals surface area contributed by atoms with Crippen LogP contribution in [-0.4, -0.2) is 207 Å². The fourth-order valence-corrected chi connectivity index (χ4v) is 6.49. The van der Waals surface area contributed by atoms with E-state index in [1.54, 1.807) is 13.8 Å². The first-order valence-electron chi connectivity index (χ1n) is 24.4. The lowest BCUT2D eigenvalue weighted by atomic mass is 9.95. The lowest BCUT2D eigenvalue weighted by molar-refractivity contribution is -0.219. The van der Waals surface area contributed by atoms with Gasteiger partial charge in [-0.3, -0.25) is 28.8 Å². The van der Waals surface area contributed by atoms with Crippen LogP contribution >= 0.6 is 0 Å². The zero-order chi connectivity index (χ0) is 52.9. The minimum atomic E-state index is -1.47. The smallest absolute Gasteiger partial charge is 0.222 e. The van der Waals surface area contributed by atoms with Crippen molar-refractivity contribution in [2.45, 2.75) is 161 Å². The van der Waals surface area contributed by atoms with Gasteiger partial charge in [0, 0.05) is 104 Å². The van der Waals surface area contributed by atoms with Gasteiger partial charge in [-0.1, -0.05) is 13.8 Å². The third-order valence-corrected chi connectivity index (χ3v) is 10.6. The van der Waals surface area contributed by atoms with Crippen molar-refractivity contribution in [1.29, 1.82) is 0 Å². The second kappa shape index (κ2) is 40.9. The first-order chi connectivity index (χ1) is 33.3. The Bertz CT molecular complexity index is 1440. The van der Waals surface area contributed by atoms with Crippen LogP contribution in [0.1, 0.15) is 106 Å². The molecule has 0 aromatic rings. The van der Waals surface area contributed by atoms with Crippen molar-refractivity contribution >= 4 is 35.4 Å². The summed E-state index contributed by atoms with van der Waals surface area (Å²) in [4.78, 5) is 72.1. The average Bonchev–Trinajstić information content (AvgIpc) is 3.31. The number of aliphatic hydroxyl groups is 6. The van der Waals surface area contributed by atoms with Crippen molar-refractivity contribution in [2.24, 2.45) is 11.8 Å². The van der Waals surface area contributed by atoms with Gasteiger partial charge in [-0.2, -0.15) is 0 Å². The summed E-state index contributed by atoms with van der Waals surface area (Å²) in [6.07, 6.45) is -4.71. The zero-order valence-corrected chi connectivity index (χ0v) is 42.5. The molecule has 11 atom stereocenters. The summed E-state index contributed by atoms with van der Waals surface area (Å²) in [7, 11) is 1.33. The first-order valence-corrected chi connectivity index (χ1v) is 24.4. The minimum Gasteiger partial charge on any atom is -0.396 e. The third kappa shape index (κ3) is 33.1. The SMILES string of the molecule is CO[C@@H](OCCCCC(=O)NCCCNC(=O)CCOCC(C)COCCC(=O)NCCCNC(=O)CCCCOC(OC(CO)C(O)C(C)O)C(C)NC(C)=O)C(NC(C)=O)C(O)C(O)C(C)CO. The molecule has 0 rings (SSSR count). The number of unbranched alkanes of at least 4 members (excludes halogenated alkanes) is 2. The molecule has 0 radical (unpaired) electrons. The van der Waals surface area contributed by atoms with Gasteiger partial charge in [0.2, 0.25) is 35.4 Å². The van der Waals surface area contributed by atoms with E-state index in [-0.39, 0.29) is 94.2 Å². The molecule has 70 heavy (non-hydrogen) atoms. The van der Waals surface area contributed by atoms with Crippen LogP contribution in [0.5, 0.6) is 0 Å². The molecule has 0 fully saturated rings. The summed E-state index contributed by atoms with van der Waals surface area (Å²) < 4.78 is 33.6. The Hall–Kier alpha value is -3.66. The molecule has 12 N–H and O–H groups in total. The molecule has 24 heteroatoms. The first kappa shape index (κ1) is 66.3. The van der Waals surface area contributed by atoms with E-state index in [2.05, 4.69) is 31.9 Å². The number of aliphatic hydroxyl groups excluding tert-OH is 6. The highest BCUT2D eigenvalue weighted by Crippen LogP contribution is 2.16. The summed E-state index contributed by atoms with van der Waals surface area (Å²) >= 11 is 0. The van der Waals surface area contributed by atoms with Crippen LogP contribution in [0, 0.1) is 11.8 Å². The Morgan fingerprint density at radius 3 is 1.36 bits per heavy atom. The molecular weight excluding hydrogens is 925 g/mol. The van der Waals surface area contributed by atoms with E-state index in [4.69, 9.17) is 28.4 Å². The molecule has 0 bridgehead atoms. The van der Waals surface area contributed by atoms with Crippen molar-refractivity contribution in [3.8, 4) is 0 Å². The molecule has 0 saturated heterocycles. The second-order valence-corrected chi connectivity index (χ2v) is 17.4. The van der Waals surface area contributed by atoms with Crippen LogP contribution in [0.25, 0.3) is 0 Å². The largest absolute Gasteiger partial charge is 0.396 e. The van der Waals surface area contributed by atoms with E-state index in [0.29, 0.717) is 77.9 Å². The van der Waals surface area contributed by atoms with E-state index in [1.807, 2.05) is 6.92 Å². The molecule has 10 unspecified atom stereocenters. The molecule has 6 amide bonds. The molecule has 0 spiro atoms. The maximum atomic E-state index is 12.3. The van der Waals surface area contributed by atoms with Gasteiger partial charge >= 0.3 is 0 Å². The Balaban J connectivity index is 4.01. The molecule has 0 aliphatic heterocycles. The molecule has 0 aromatic carbocycles. The van der Waals surface area contributed by atoms with Crippen LogP contribution in [0.2, 0.25) is 0 Å². The molecule has 24 nitrogen and oxygen atoms in total. The molecule has 0 aliphatic rings. The van der Waals surface area contributed by atoms with E-state index in [0.717, 1.165) is 0 Å². The van der Waals surface area contributed by atoms with E-state index in [9.17, 15) is 59.4 Å². The predicted molar refractivity (Wildman–Crippen MR) is 254 cm³/mol. The van der Waals surface area contributed by atoms with E-state index < -0.39 is 73.6 Å². The monoisotopic (exact) mass is 1010 g/mol. The molecule has 0 saturated carbocycles. The number of nitrogens with one attached hydrogen (secondary N) is 6. The predicted octanol–water partition coefficient (Wildman–Crippen LogP) is -2.15. The summed E-state index contributed by atoms with van der Waals surface area (Å²) in [6.45, 7) is 11.1. The quantitative estimate of drug-likeness (QED) is 0.0229. The van der Waals surface area contributed by atoms with Crippen molar-refractivity contribution in [3.63, 3.8) is 0 Å². The number of ether oxygens (including phenoxy) is 6. The summed E-state index contributed by atoms with van der Waals surface area (Å²) in [5.41, 5.74) is 0. The molecule has 0 heterocycles. The Morgan fingerprint density at radius 1 is 0.514 bits per heavy atom. The number of carbonyl (C=O) groups is 6. The number of hydrogen-bond donors (Lipinski definition) is 12. The lowest BCUT2D eigenvalue weighted by Gasteiger charge is -2.34. The Morgan fingerprint density at radius 2 is 0.957 bits per heavy atom. The van der Waals surface area contributed by atoms with Crippen LogP contribution in [0.3, 0.4) is 0 Å². The molecular formula is C46H88N6O18. The molecule has 0 aromatic heterocycles. The number of rotatable bonds is 44. The standard InChI is InChI=1S/C46H88N6O18/c1-30(28-66-24-16-39(60)49-20-12-18-47-37(58)14-8-10-22-68-45(32(3)51-34(5)56)70-36(27-54)43(63)33(4)55)29-67-25-17-40(61)50-21-13-19-48-38(59)15-9-11-23-69-46(65-7)41(52-35(6)57)44(64)42(62)31(2)26-53/h30-33,36,41-46,53-55,62-64H,8-29H2,1-7H3,(H,47,58)(H,48,59)(H,49,60)(H,50,61)(H,51,56)(H,52,57)/t30?,31?,32?,33?,36?,41?,42?,43?,44?,45?,46-/m0/s1. The fourth-order valence-electron chi connectivity index (χ4n) is 6.49. The number of methoxy groups -OCH3 is 1. The maximum Gasteiger partial charge on any atom is 0.222 e. The van der Waals surface area contributed by atoms with Gasteiger partial charge in [0.25, 0.3) is 0 Å². The van der Waals surface area contributed by atoms with Gasteiger partial charge in [0.05, 0.1) is 51.3 Å². The van der Waals surface area contributed by atoms with Crippen LogP contribution in [0.4, 0.5) is 0 Å². The molecule has 0 aliphatic carbocycles. The number of hydrogen-bond acceptors (Lipinski definition) is 18. The third-order valence-electron chi connectivity index (χ3n) is 10.6. The maximum absolute atomic E-state index is 12.3. The average molecular weight is 1010 g/mol. The zero-order valence-electron chi connectivity index (χ0n) is 42.5. The highest BCUT2D eigenvalue weighted by atomic mass is 16.7. The number of amides is 6. The van der Waals surface area contributed by atoms with Gasteiger partial charge in [-0.25, -0.2) is 0 Å². The van der Waals surface area contributed by atoms with E-state index in [1.165, 1.54) is 27.9 Å². The van der Waals surface area contributed by atoms with Crippen molar-refractivity contribution in [1.82, 2.24) is 31.9 Å². The summed E-state index contributed by atoms with van der Waals surface area (Å²) in [5.74, 6) is -2.08. The topological polar surface area (TPSA) is 351 Å². The van der Waals surface area contributed by atoms with Gasteiger partial charge in [0.15, 0.2) is 12.6 Å². The molecule has 410 valence electrons. The van der Waals surface area contributed by atoms with Gasteiger partial charge in [-0.15, -0.1) is 0 Å². The number of carbonyl (C=O) groups excluding carboxylic acids is 6. The Labute approximate surface area is 413 Å². The highest BCUT2D eigenvalue weighted by molar-refractivity contribution is 5.77. The van der Waals surface area contributed by atoms with Crippen molar-refractivity contribution in [2.75, 3.05) is 86.1 Å². The van der Waals surface area contributed by atoms with E-state index >= 15 is 0 Å². The minimum absolute atomic E-state index is 0.0367. The van der Waals surface area contributed by atoms with Crippen molar-refractivity contribution in [3.05, 3.63) is 0 Å². The second-order valence-electron chi connectivity index (χ2n) is 17.4. The lowest BCUT2D eigenvalue weighted by Crippen LogP contribution is -2.57. The summed E-state index contributed by atoms with van der Waals surface area (Å²) in [5, 5.41) is 76.0. The van der Waals surface area contributed by atoms with Crippen LogP contribution in [-0.2, 0) is 57.2 Å². The Kier molecular flexibility index (Phi) is 38.7. The fraction of sp³-hybridized carbons (Fsp3) is 0.870. The van der Waals surface area contributed by atoms with Crippen LogP contribution in [0.15, 0.2) is 0 Å². The van der Waals surface area contributed by atoms with Gasteiger partial charge in [0.1, 0.15) is 24.4 Å². The normalized spacial score (nSPS) is 16.2. The summed E-state index contributed by atoms with van der Waals surface area (Å²) in [6, 6.07) is -1.72. The highest BCUT2D eigenvalue weighted by Gasteiger charge is 2.37.